The average molecular weight is 332 g/mol. The van der Waals surface area contributed by atoms with E-state index in [4.69, 9.17) is 0 Å². The summed E-state index contributed by atoms with van der Waals surface area (Å²) < 4.78 is 42.7. The van der Waals surface area contributed by atoms with Crippen molar-refractivity contribution >= 4 is 0 Å². The van der Waals surface area contributed by atoms with E-state index in [2.05, 4.69) is 15.5 Å². The highest BCUT2D eigenvalue weighted by Crippen LogP contribution is 2.56. The SMILES string of the molecule is Cn1nnnc1-c1cccc2c1-c1ccccc1C2(O)C(F)(F)F. The van der Waals surface area contributed by atoms with Crippen LogP contribution in [0.2, 0.25) is 0 Å². The summed E-state index contributed by atoms with van der Waals surface area (Å²) in [5.74, 6) is 0.327. The van der Waals surface area contributed by atoms with Crippen molar-refractivity contribution in [2.45, 2.75) is 11.8 Å². The molecule has 1 unspecified atom stereocenters. The van der Waals surface area contributed by atoms with Crippen LogP contribution in [0.15, 0.2) is 42.5 Å². The largest absolute Gasteiger partial charge is 0.425 e. The minimum atomic E-state index is -4.86. The standard InChI is InChI=1S/C16H11F3N4O/c1-23-14(20-21-22-23)10-6-4-8-12-13(10)9-5-2-3-7-11(9)15(12,24)16(17,18)19/h2-8,24H,1H3. The molecule has 24 heavy (non-hydrogen) atoms. The second-order valence-corrected chi connectivity index (χ2v) is 5.61. The third-order valence-corrected chi connectivity index (χ3v) is 4.31. The smallest absolute Gasteiger partial charge is 0.372 e. The zero-order valence-electron chi connectivity index (χ0n) is 12.4. The van der Waals surface area contributed by atoms with Crippen molar-refractivity contribution in [1.29, 1.82) is 0 Å². The van der Waals surface area contributed by atoms with Gasteiger partial charge in [0.05, 0.1) is 0 Å². The van der Waals surface area contributed by atoms with Gasteiger partial charge in [0.25, 0.3) is 0 Å². The highest BCUT2D eigenvalue weighted by molar-refractivity contribution is 5.90. The monoisotopic (exact) mass is 332 g/mol. The molecule has 0 amide bonds. The normalized spacial score (nSPS) is 19.2. The fourth-order valence-electron chi connectivity index (χ4n) is 3.26. The lowest BCUT2D eigenvalue weighted by Gasteiger charge is -2.28. The van der Waals surface area contributed by atoms with E-state index in [0.29, 0.717) is 22.5 Å². The van der Waals surface area contributed by atoms with Crippen LogP contribution in [0.5, 0.6) is 0 Å². The molecule has 0 saturated carbocycles. The molecule has 0 aliphatic heterocycles. The molecule has 1 N–H and O–H groups in total. The van der Waals surface area contributed by atoms with E-state index in [1.807, 2.05) is 0 Å². The predicted molar refractivity (Wildman–Crippen MR) is 78.7 cm³/mol. The first-order valence-corrected chi connectivity index (χ1v) is 7.11. The Kier molecular flexibility index (Phi) is 2.86. The van der Waals surface area contributed by atoms with Crippen molar-refractivity contribution in [2.24, 2.45) is 7.05 Å². The first-order chi connectivity index (χ1) is 11.4. The summed E-state index contributed by atoms with van der Waals surface area (Å²) in [6, 6.07) is 10.4. The Morgan fingerprint density at radius 3 is 2.33 bits per heavy atom. The van der Waals surface area contributed by atoms with Crippen LogP contribution >= 0.6 is 0 Å². The lowest BCUT2D eigenvalue weighted by molar-refractivity contribution is -0.246. The summed E-state index contributed by atoms with van der Waals surface area (Å²) in [6.45, 7) is 0. The van der Waals surface area contributed by atoms with Gasteiger partial charge in [0.1, 0.15) is 0 Å². The number of benzene rings is 2. The first kappa shape index (κ1) is 14.8. The number of halogens is 3. The van der Waals surface area contributed by atoms with Crippen LogP contribution in [0.1, 0.15) is 11.1 Å². The molecular formula is C16H11F3N4O. The number of hydrogen-bond acceptors (Lipinski definition) is 4. The molecule has 1 atom stereocenters. The molecule has 0 spiro atoms. The number of aromatic nitrogens is 4. The summed E-state index contributed by atoms with van der Waals surface area (Å²) in [7, 11) is 1.60. The Labute approximate surface area is 134 Å². The highest BCUT2D eigenvalue weighted by atomic mass is 19.4. The first-order valence-electron chi connectivity index (χ1n) is 7.11. The maximum atomic E-state index is 13.8. The van der Waals surface area contributed by atoms with Gasteiger partial charge in [-0.2, -0.15) is 13.2 Å². The Morgan fingerprint density at radius 1 is 1.00 bits per heavy atom. The van der Waals surface area contributed by atoms with Crippen LogP contribution in [-0.2, 0) is 12.6 Å². The third-order valence-electron chi connectivity index (χ3n) is 4.31. The second kappa shape index (κ2) is 4.64. The Bertz CT molecular complexity index is 950. The third kappa shape index (κ3) is 1.71. The fourth-order valence-corrected chi connectivity index (χ4v) is 3.26. The molecule has 3 aromatic rings. The van der Waals surface area contributed by atoms with Gasteiger partial charge in [-0.05, 0) is 21.6 Å². The molecule has 1 heterocycles. The lowest BCUT2D eigenvalue weighted by Crippen LogP contribution is -2.41. The van der Waals surface area contributed by atoms with Gasteiger partial charge in [-0.3, -0.25) is 0 Å². The molecule has 4 rings (SSSR count). The number of tetrazole rings is 1. The number of fused-ring (bicyclic) bond motifs is 3. The fraction of sp³-hybridized carbons (Fsp3) is 0.188. The Hall–Kier alpha value is -2.74. The van der Waals surface area contributed by atoms with Gasteiger partial charge < -0.3 is 5.11 Å². The molecule has 1 aliphatic rings. The number of hydrogen-bond donors (Lipinski definition) is 1. The van der Waals surface area contributed by atoms with Crippen LogP contribution in [0.25, 0.3) is 22.5 Å². The van der Waals surface area contributed by atoms with Gasteiger partial charge in [-0.1, -0.05) is 42.5 Å². The molecular weight excluding hydrogens is 321 g/mol. The zero-order valence-corrected chi connectivity index (χ0v) is 12.4. The van der Waals surface area contributed by atoms with Crippen LogP contribution in [0, 0.1) is 0 Å². The van der Waals surface area contributed by atoms with E-state index >= 15 is 0 Å². The summed E-state index contributed by atoms with van der Waals surface area (Å²) in [5, 5.41) is 21.8. The molecule has 8 heteroatoms. The van der Waals surface area contributed by atoms with Crippen LogP contribution in [0.3, 0.4) is 0 Å². The molecule has 0 saturated heterocycles. The summed E-state index contributed by atoms with van der Waals surface area (Å²) in [5.41, 5.74) is -2.39. The number of rotatable bonds is 1. The van der Waals surface area contributed by atoms with E-state index in [9.17, 15) is 18.3 Å². The number of alkyl halides is 3. The van der Waals surface area contributed by atoms with Gasteiger partial charge in [-0.25, -0.2) is 4.68 Å². The lowest BCUT2D eigenvalue weighted by atomic mass is 9.90. The number of aliphatic hydroxyl groups is 1. The van der Waals surface area contributed by atoms with E-state index in [1.54, 1.807) is 25.2 Å². The number of nitrogens with zero attached hydrogens (tertiary/aromatic N) is 4. The molecule has 2 aromatic carbocycles. The minimum Gasteiger partial charge on any atom is -0.372 e. The van der Waals surface area contributed by atoms with Crippen molar-refractivity contribution in [2.75, 3.05) is 0 Å². The van der Waals surface area contributed by atoms with E-state index in [0.717, 1.165) is 0 Å². The Balaban J connectivity index is 2.12. The second-order valence-electron chi connectivity index (χ2n) is 5.61. The van der Waals surface area contributed by atoms with Gasteiger partial charge >= 0.3 is 6.18 Å². The molecule has 122 valence electrons. The zero-order chi connectivity index (χ0) is 17.1. The molecule has 5 nitrogen and oxygen atoms in total. The van der Waals surface area contributed by atoms with Crippen molar-refractivity contribution < 1.29 is 18.3 Å². The van der Waals surface area contributed by atoms with Gasteiger partial charge in [0.15, 0.2) is 5.82 Å². The van der Waals surface area contributed by atoms with Gasteiger partial charge in [0.2, 0.25) is 5.60 Å². The number of aryl methyl sites for hydroxylation is 1. The van der Waals surface area contributed by atoms with Crippen molar-refractivity contribution in [3.05, 3.63) is 53.6 Å². The molecule has 1 aromatic heterocycles. The molecule has 1 aliphatic carbocycles. The van der Waals surface area contributed by atoms with Crippen LogP contribution in [-0.4, -0.2) is 31.5 Å². The summed E-state index contributed by atoms with van der Waals surface area (Å²) in [6.07, 6.45) is -4.86. The van der Waals surface area contributed by atoms with Crippen molar-refractivity contribution in [3.8, 4) is 22.5 Å². The molecule has 0 fully saturated rings. The van der Waals surface area contributed by atoms with Crippen molar-refractivity contribution in [3.63, 3.8) is 0 Å². The van der Waals surface area contributed by atoms with Crippen LogP contribution in [0.4, 0.5) is 13.2 Å². The maximum Gasteiger partial charge on any atom is 0.425 e. The van der Waals surface area contributed by atoms with E-state index in [-0.39, 0.29) is 11.1 Å². The highest BCUT2D eigenvalue weighted by Gasteiger charge is 2.61. The van der Waals surface area contributed by atoms with Gasteiger partial charge in [-0.15, -0.1) is 5.10 Å². The minimum absolute atomic E-state index is 0.185. The van der Waals surface area contributed by atoms with E-state index in [1.165, 1.54) is 28.9 Å². The van der Waals surface area contributed by atoms with Gasteiger partial charge in [0, 0.05) is 23.7 Å². The summed E-state index contributed by atoms with van der Waals surface area (Å²) in [4.78, 5) is 0. The molecule has 0 bridgehead atoms. The topological polar surface area (TPSA) is 63.8 Å². The summed E-state index contributed by atoms with van der Waals surface area (Å²) >= 11 is 0. The average Bonchev–Trinajstić information content (AvgIpc) is 3.08. The van der Waals surface area contributed by atoms with Crippen LogP contribution < -0.4 is 0 Å². The molecule has 0 radical (unpaired) electrons. The quantitative estimate of drug-likeness (QED) is 0.744. The van der Waals surface area contributed by atoms with Crippen molar-refractivity contribution in [1.82, 2.24) is 20.2 Å². The maximum absolute atomic E-state index is 13.8. The predicted octanol–water partition coefficient (Wildman–Crippen LogP) is 2.66. The van der Waals surface area contributed by atoms with E-state index < -0.39 is 11.8 Å². The Morgan fingerprint density at radius 2 is 1.67 bits per heavy atom.